The largest absolute Gasteiger partial charge is 0.506 e. The molecule has 0 aliphatic carbocycles. The van der Waals surface area contributed by atoms with E-state index in [2.05, 4.69) is 5.32 Å². The van der Waals surface area contributed by atoms with Crippen molar-refractivity contribution < 1.29 is 19.6 Å². The van der Waals surface area contributed by atoms with Gasteiger partial charge in [0.2, 0.25) is 0 Å². The van der Waals surface area contributed by atoms with Gasteiger partial charge in [0.15, 0.2) is 0 Å². The van der Waals surface area contributed by atoms with Gasteiger partial charge in [-0.2, -0.15) is 0 Å². The summed E-state index contributed by atoms with van der Waals surface area (Å²) in [6.07, 6.45) is 0. The molecule has 21 heavy (non-hydrogen) atoms. The van der Waals surface area contributed by atoms with E-state index < -0.39 is 10.8 Å². The van der Waals surface area contributed by atoms with Crippen molar-refractivity contribution in [3.05, 3.63) is 58.1 Å². The molecule has 0 radical (unpaired) electrons. The second kappa shape index (κ2) is 5.91. The van der Waals surface area contributed by atoms with Gasteiger partial charge in [-0.05, 0) is 30.3 Å². The number of carbonyl (C=O) groups is 1. The van der Waals surface area contributed by atoms with Gasteiger partial charge >= 0.3 is 0 Å². The fraction of sp³-hybridized carbons (Fsp3) is 0.0714. The van der Waals surface area contributed by atoms with E-state index in [0.717, 1.165) is 18.2 Å². The Kier molecular flexibility index (Phi) is 4.03. The molecule has 7 heteroatoms. The van der Waals surface area contributed by atoms with Crippen LogP contribution in [0.1, 0.15) is 10.4 Å². The van der Waals surface area contributed by atoms with E-state index in [-0.39, 0.29) is 17.1 Å². The minimum absolute atomic E-state index is 0.0231. The zero-order chi connectivity index (χ0) is 15.4. The lowest BCUT2D eigenvalue weighted by Crippen LogP contribution is -2.12. The molecule has 2 rings (SSSR count). The molecule has 2 aromatic rings. The Labute approximate surface area is 119 Å². The van der Waals surface area contributed by atoms with Crippen molar-refractivity contribution in [2.75, 3.05) is 12.4 Å². The minimum atomic E-state index is -0.609. The predicted octanol–water partition coefficient (Wildman–Crippen LogP) is 2.56. The number of anilines is 1. The highest BCUT2D eigenvalue weighted by Crippen LogP contribution is 2.28. The number of phenolic OH excluding ortho intramolecular Hbond substituents is 1. The zero-order valence-electron chi connectivity index (χ0n) is 11.1. The number of non-ortho nitro benzene ring substituents is 1. The van der Waals surface area contributed by atoms with Gasteiger partial charge in [0.1, 0.15) is 11.5 Å². The third kappa shape index (κ3) is 3.27. The fourth-order valence-corrected chi connectivity index (χ4v) is 1.67. The van der Waals surface area contributed by atoms with E-state index in [4.69, 9.17) is 4.74 Å². The van der Waals surface area contributed by atoms with Gasteiger partial charge in [0.05, 0.1) is 17.7 Å². The van der Waals surface area contributed by atoms with Gasteiger partial charge in [-0.15, -0.1) is 0 Å². The lowest BCUT2D eigenvalue weighted by Gasteiger charge is -2.07. The monoisotopic (exact) mass is 288 g/mol. The van der Waals surface area contributed by atoms with E-state index in [1.165, 1.54) is 7.11 Å². The summed E-state index contributed by atoms with van der Waals surface area (Å²) in [5.74, 6) is -0.138. The van der Waals surface area contributed by atoms with Gasteiger partial charge in [-0.3, -0.25) is 14.9 Å². The molecular weight excluding hydrogens is 276 g/mol. The molecule has 0 unspecified atom stereocenters. The number of benzene rings is 2. The maximum Gasteiger partial charge on any atom is 0.271 e. The Morgan fingerprint density at radius 1 is 1.24 bits per heavy atom. The molecular formula is C14H12N2O5. The van der Waals surface area contributed by atoms with Crippen LogP contribution >= 0.6 is 0 Å². The molecule has 0 aromatic heterocycles. The number of aromatic hydroxyl groups is 1. The van der Waals surface area contributed by atoms with E-state index in [1.807, 2.05) is 0 Å². The molecule has 0 saturated carbocycles. The molecule has 108 valence electrons. The number of nitrogens with one attached hydrogen (secondary N) is 1. The molecule has 0 aliphatic heterocycles. The molecule has 0 fully saturated rings. The third-order valence-corrected chi connectivity index (χ3v) is 2.79. The van der Waals surface area contributed by atoms with Crippen molar-refractivity contribution in [1.82, 2.24) is 0 Å². The molecule has 2 N–H and O–H groups in total. The second-order valence-corrected chi connectivity index (χ2v) is 4.14. The van der Waals surface area contributed by atoms with Crippen LogP contribution in [0.5, 0.6) is 11.5 Å². The van der Waals surface area contributed by atoms with Gasteiger partial charge in [-0.1, -0.05) is 0 Å². The Hall–Kier alpha value is -3.09. The summed E-state index contributed by atoms with van der Waals surface area (Å²) >= 11 is 0. The number of nitro benzene ring substituents is 1. The van der Waals surface area contributed by atoms with Crippen LogP contribution in [-0.4, -0.2) is 23.0 Å². The number of carbonyl (C=O) groups excluding carboxylic acids is 1. The Balaban J connectivity index is 2.22. The standard InChI is InChI=1S/C14H12N2O5/c1-21-11-5-2-9(3-6-11)14(18)15-12-8-10(16(19)20)4-7-13(12)17/h2-8,17H,1H3,(H,15,18). The van der Waals surface area contributed by atoms with Gasteiger partial charge in [-0.25, -0.2) is 0 Å². The first kappa shape index (κ1) is 14.3. The number of nitro groups is 1. The summed E-state index contributed by atoms with van der Waals surface area (Å²) in [4.78, 5) is 22.1. The Bertz CT molecular complexity index is 682. The van der Waals surface area contributed by atoms with Crippen LogP contribution in [-0.2, 0) is 0 Å². The SMILES string of the molecule is COc1ccc(C(=O)Nc2cc([N+](=O)[O-])ccc2O)cc1. The molecule has 0 saturated heterocycles. The molecule has 1 amide bonds. The third-order valence-electron chi connectivity index (χ3n) is 2.79. The van der Waals surface area contributed by atoms with Crippen LogP contribution in [0.2, 0.25) is 0 Å². The number of hydrogen-bond donors (Lipinski definition) is 2. The van der Waals surface area contributed by atoms with Gasteiger partial charge in [0, 0.05) is 17.7 Å². The van der Waals surface area contributed by atoms with Crippen molar-refractivity contribution >= 4 is 17.3 Å². The number of ether oxygens (including phenoxy) is 1. The van der Waals surface area contributed by atoms with Crippen LogP contribution < -0.4 is 10.1 Å². The number of rotatable bonds is 4. The van der Waals surface area contributed by atoms with Crippen molar-refractivity contribution in [1.29, 1.82) is 0 Å². The van der Waals surface area contributed by atoms with Gasteiger partial charge in [0.25, 0.3) is 11.6 Å². The first-order valence-electron chi connectivity index (χ1n) is 5.94. The maximum atomic E-state index is 12.0. The minimum Gasteiger partial charge on any atom is -0.506 e. The topological polar surface area (TPSA) is 102 Å². The van der Waals surface area contributed by atoms with E-state index in [9.17, 15) is 20.0 Å². The summed E-state index contributed by atoms with van der Waals surface area (Å²) in [7, 11) is 1.51. The highest BCUT2D eigenvalue weighted by molar-refractivity contribution is 6.05. The average Bonchev–Trinajstić information content (AvgIpc) is 2.49. The molecule has 0 heterocycles. The van der Waals surface area contributed by atoms with E-state index in [0.29, 0.717) is 11.3 Å². The van der Waals surface area contributed by atoms with Crippen LogP contribution in [0.4, 0.5) is 11.4 Å². The molecule has 0 spiro atoms. The molecule has 0 atom stereocenters. The van der Waals surface area contributed by atoms with E-state index in [1.54, 1.807) is 24.3 Å². The Morgan fingerprint density at radius 2 is 1.90 bits per heavy atom. The summed E-state index contributed by atoms with van der Waals surface area (Å²) in [5.41, 5.74) is 0.0876. The summed E-state index contributed by atoms with van der Waals surface area (Å²) in [6, 6.07) is 9.71. The lowest BCUT2D eigenvalue weighted by molar-refractivity contribution is -0.384. The smallest absolute Gasteiger partial charge is 0.271 e. The van der Waals surface area contributed by atoms with Crippen LogP contribution in [0, 0.1) is 10.1 Å². The number of methoxy groups -OCH3 is 1. The van der Waals surface area contributed by atoms with E-state index >= 15 is 0 Å². The predicted molar refractivity (Wildman–Crippen MR) is 75.7 cm³/mol. The van der Waals surface area contributed by atoms with Crippen LogP contribution in [0.3, 0.4) is 0 Å². The maximum absolute atomic E-state index is 12.0. The first-order valence-corrected chi connectivity index (χ1v) is 5.94. The summed E-state index contributed by atoms with van der Waals surface area (Å²) in [5, 5.41) is 22.8. The highest BCUT2D eigenvalue weighted by Gasteiger charge is 2.13. The van der Waals surface area contributed by atoms with Crippen molar-refractivity contribution in [3.8, 4) is 11.5 Å². The molecule has 7 nitrogen and oxygen atoms in total. The fourth-order valence-electron chi connectivity index (χ4n) is 1.67. The highest BCUT2D eigenvalue weighted by atomic mass is 16.6. The molecule has 0 aliphatic rings. The Morgan fingerprint density at radius 3 is 2.48 bits per heavy atom. The zero-order valence-corrected chi connectivity index (χ0v) is 11.1. The second-order valence-electron chi connectivity index (χ2n) is 4.14. The number of phenols is 1. The quantitative estimate of drug-likeness (QED) is 0.511. The average molecular weight is 288 g/mol. The lowest BCUT2D eigenvalue weighted by atomic mass is 10.2. The summed E-state index contributed by atoms with van der Waals surface area (Å²) < 4.78 is 4.98. The van der Waals surface area contributed by atoms with Crippen molar-refractivity contribution in [2.24, 2.45) is 0 Å². The van der Waals surface area contributed by atoms with Gasteiger partial charge < -0.3 is 15.2 Å². The summed E-state index contributed by atoms with van der Waals surface area (Å²) in [6.45, 7) is 0. The van der Waals surface area contributed by atoms with Crippen molar-refractivity contribution in [3.63, 3.8) is 0 Å². The van der Waals surface area contributed by atoms with Crippen LogP contribution in [0.15, 0.2) is 42.5 Å². The normalized spacial score (nSPS) is 9.95. The molecule has 0 bridgehead atoms. The first-order chi connectivity index (χ1) is 10.0. The molecule has 2 aromatic carbocycles. The number of nitrogens with zero attached hydrogens (tertiary/aromatic N) is 1. The number of amides is 1. The van der Waals surface area contributed by atoms with Crippen molar-refractivity contribution in [2.45, 2.75) is 0 Å². The van der Waals surface area contributed by atoms with Crippen LogP contribution in [0.25, 0.3) is 0 Å². The number of hydrogen-bond acceptors (Lipinski definition) is 5.